The van der Waals surface area contributed by atoms with Gasteiger partial charge in [-0.1, -0.05) is 24.6 Å². The van der Waals surface area contributed by atoms with E-state index in [0.29, 0.717) is 18.7 Å². The van der Waals surface area contributed by atoms with E-state index in [1.54, 1.807) is 0 Å². The van der Waals surface area contributed by atoms with Gasteiger partial charge in [0.05, 0.1) is 0 Å². The van der Waals surface area contributed by atoms with Crippen molar-refractivity contribution in [3.63, 3.8) is 0 Å². The Morgan fingerprint density at radius 2 is 1.94 bits per heavy atom. The highest BCUT2D eigenvalue weighted by Gasteiger charge is 2.41. The number of fused-ring (bicyclic) bond motifs is 1. The van der Waals surface area contributed by atoms with Crippen molar-refractivity contribution in [3.8, 4) is 0 Å². The van der Waals surface area contributed by atoms with Gasteiger partial charge in [-0.15, -0.1) is 0 Å². The number of carbonyl (C=O) groups excluding carboxylic acids is 1. The van der Waals surface area contributed by atoms with Crippen molar-refractivity contribution in [2.45, 2.75) is 44.9 Å². The molecule has 1 aromatic rings. The fraction of sp³-hybridized carbons (Fsp3) is 0.562. The van der Waals surface area contributed by atoms with Crippen LogP contribution in [0, 0.1) is 5.41 Å². The summed E-state index contributed by atoms with van der Waals surface area (Å²) >= 11 is 0. The van der Waals surface area contributed by atoms with Gasteiger partial charge in [0.2, 0.25) is 0 Å². The lowest BCUT2D eigenvalue weighted by Gasteiger charge is -2.39. The van der Waals surface area contributed by atoms with E-state index in [4.69, 9.17) is 5.73 Å². The number of rotatable bonds is 4. The quantitative estimate of drug-likeness (QED) is 0.882. The zero-order chi connectivity index (χ0) is 12.6. The Balaban J connectivity index is 1.74. The SMILES string of the molecule is NCC1(C(=O)Cc2ccc3c(c2)CCC3)CCC1. The number of aryl methyl sites for hydroxylation is 2. The third-order valence-electron chi connectivity index (χ3n) is 4.82. The molecular formula is C16H21NO. The van der Waals surface area contributed by atoms with Gasteiger partial charge in [0.15, 0.2) is 0 Å². The highest BCUT2D eigenvalue weighted by Crippen LogP contribution is 2.41. The molecule has 96 valence electrons. The molecule has 18 heavy (non-hydrogen) atoms. The summed E-state index contributed by atoms with van der Waals surface area (Å²) in [5.74, 6) is 0.356. The third-order valence-corrected chi connectivity index (χ3v) is 4.82. The number of Topliss-reactive ketones (excluding diaryl/α,β-unsaturated/α-hetero) is 1. The van der Waals surface area contributed by atoms with Crippen LogP contribution < -0.4 is 5.73 Å². The maximum atomic E-state index is 12.4. The number of ketones is 1. The summed E-state index contributed by atoms with van der Waals surface area (Å²) in [6.07, 6.45) is 7.37. The zero-order valence-electron chi connectivity index (χ0n) is 10.9. The summed E-state index contributed by atoms with van der Waals surface area (Å²) in [6.45, 7) is 0.525. The van der Waals surface area contributed by atoms with Crippen molar-refractivity contribution < 1.29 is 4.79 Å². The van der Waals surface area contributed by atoms with Crippen LogP contribution in [0.15, 0.2) is 18.2 Å². The van der Waals surface area contributed by atoms with Crippen LogP contribution in [-0.2, 0) is 24.1 Å². The Hall–Kier alpha value is -1.15. The van der Waals surface area contributed by atoms with Crippen LogP contribution in [0.3, 0.4) is 0 Å². The minimum atomic E-state index is -0.182. The van der Waals surface area contributed by atoms with E-state index < -0.39 is 0 Å². The average molecular weight is 243 g/mol. The number of benzene rings is 1. The van der Waals surface area contributed by atoms with Gasteiger partial charge in [0, 0.05) is 18.4 Å². The van der Waals surface area contributed by atoms with Gasteiger partial charge < -0.3 is 5.73 Å². The molecule has 2 aliphatic rings. The monoisotopic (exact) mass is 243 g/mol. The first kappa shape index (κ1) is 11.9. The summed E-state index contributed by atoms with van der Waals surface area (Å²) < 4.78 is 0. The fourth-order valence-electron chi connectivity index (χ4n) is 3.31. The summed E-state index contributed by atoms with van der Waals surface area (Å²) in [6, 6.07) is 6.58. The Kier molecular flexibility index (Phi) is 2.98. The predicted octanol–water partition coefficient (Wildman–Crippen LogP) is 2.42. The molecule has 0 atom stereocenters. The van der Waals surface area contributed by atoms with E-state index in [0.717, 1.165) is 19.3 Å². The number of hydrogen-bond donors (Lipinski definition) is 1. The van der Waals surface area contributed by atoms with Crippen molar-refractivity contribution in [2.75, 3.05) is 6.54 Å². The predicted molar refractivity (Wildman–Crippen MR) is 72.5 cm³/mol. The van der Waals surface area contributed by atoms with Gasteiger partial charge >= 0.3 is 0 Å². The van der Waals surface area contributed by atoms with Crippen LogP contribution >= 0.6 is 0 Å². The lowest BCUT2D eigenvalue weighted by atomic mass is 9.65. The van der Waals surface area contributed by atoms with Crippen molar-refractivity contribution in [2.24, 2.45) is 11.1 Å². The molecule has 2 aliphatic carbocycles. The van der Waals surface area contributed by atoms with Gasteiger partial charge in [0.1, 0.15) is 5.78 Å². The number of nitrogens with two attached hydrogens (primary N) is 1. The van der Waals surface area contributed by atoms with Crippen LogP contribution in [0.1, 0.15) is 42.4 Å². The molecule has 0 heterocycles. The number of hydrogen-bond acceptors (Lipinski definition) is 2. The second kappa shape index (κ2) is 4.51. The smallest absolute Gasteiger partial charge is 0.144 e. The molecule has 0 aromatic heterocycles. The summed E-state index contributed by atoms with van der Waals surface area (Å²) in [7, 11) is 0. The molecular weight excluding hydrogens is 222 g/mol. The van der Waals surface area contributed by atoms with Gasteiger partial charge in [-0.3, -0.25) is 4.79 Å². The molecule has 0 aliphatic heterocycles. The van der Waals surface area contributed by atoms with E-state index in [1.165, 1.54) is 36.0 Å². The molecule has 0 amide bonds. The van der Waals surface area contributed by atoms with Gasteiger partial charge in [-0.05, 0) is 48.8 Å². The van der Waals surface area contributed by atoms with E-state index >= 15 is 0 Å². The molecule has 0 bridgehead atoms. The van der Waals surface area contributed by atoms with Crippen LogP contribution in [-0.4, -0.2) is 12.3 Å². The minimum Gasteiger partial charge on any atom is -0.329 e. The topological polar surface area (TPSA) is 43.1 Å². The fourth-order valence-corrected chi connectivity index (χ4v) is 3.31. The molecule has 2 N–H and O–H groups in total. The van der Waals surface area contributed by atoms with Gasteiger partial charge in [0.25, 0.3) is 0 Å². The van der Waals surface area contributed by atoms with Gasteiger partial charge in [-0.2, -0.15) is 0 Å². The molecule has 2 nitrogen and oxygen atoms in total. The van der Waals surface area contributed by atoms with Crippen LogP contribution in [0.25, 0.3) is 0 Å². The number of carbonyl (C=O) groups is 1. The molecule has 0 saturated heterocycles. The normalized spacial score (nSPS) is 20.3. The third kappa shape index (κ3) is 1.89. The molecule has 0 spiro atoms. The maximum Gasteiger partial charge on any atom is 0.144 e. The Morgan fingerprint density at radius 1 is 1.17 bits per heavy atom. The lowest BCUT2D eigenvalue weighted by molar-refractivity contribution is -0.132. The van der Waals surface area contributed by atoms with E-state index in [9.17, 15) is 4.79 Å². The Morgan fingerprint density at radius 3 is 2.61 bits per heavy atom. The van der Waals surface area contributed by atoms with Crippen LogP contribution in [0.2, 0.25) is 0 Å². The lowest BCUT2D eigenvalue weighted by Crippen LogP contribution is -2.45. The molecule has 0 radical (unpaired) electrons. The first-order valence-corrected chi connectivity index (χ1v) is 7.08. The van der Waals surface area contributed by atoms with E-state index in [-0.39, 0.29) is 5.41 Å². The molecule has 0 unspecified atom stereocenters. The molecule has 3 rings (SSSR count). The first-order valence-electron chi connectivity index (χ1n) is 7.08. The zero-order valence-corrected chi connectivity index (χ0v) is 10.9. The highest BCUT2D eigenvalue weighted by atomic mass is 16.1. The maximum absolute atomic E-state index is 12.4. The van der Waals surface area contributed by atoms with E-state index in [1.807, 2.05) is 0 Å². The second-order valence-electron chi connectivity index (χ2n) is 5.89. The second-order valence-corrected chi connectivity index (χ2v) is 5.89. The van der Waals surface area contributed by atoms with E-state index in [2.05, 4.69) is 18.2 Å². The summed E-state index contributed by atoms with van der Waals surface area (Å²) in [4.78, 5) is 12.4. The Bertz CT molecular complexity index is 468. The van der Waals surface area contributed by atoms with Crippen LogP contribution in [0.5, 0.6) is 0 Å². The standard InChI is InChI=1S/C16H21NO/c17-11-16(7-2-8-16)15(18)10-12-5-6-13-3-1-4-14(13)9-12/h5-6,9H,1-4,7-8,10-11,17H2. The van der Waals surface area contributed by atoms with Crippen molar-refractivity contribution >= 4 is 5.78 Å². The minimum absolute atomic E-state index is 0.182. The molecule has 1 fully saturated rings. The molecule has 2 heteroatoms. The molecule has 1 aromatic carbocycles. The largest absolute Gasteiger partial charge is 0.329 e. The first-order chi connectivity index (χ1) is 8.73. The van der Waals surface area contributed by atoms with Crippen LogP contribution in [0.4, 0.5) is 0 Å². The van der Waals surface area contributed by atoms with Crippen molar-refractivity contribution in [3.05, 3.63) is 34.9 Å². The highest BCUT2D eigenvalue weighted by molar-refractivity contribution is 5.88. The summed E-state index contributed by atoms with van der Waals surface area (Å²) in [5, 5.41) is 0. The van der Waals surface area contributed by atoms with Crippen molar-refractivity contribution in [1.82, 2.24) is 0 Å². The average Bonchev–Trinajstić information content (AvgIpc) is 2.75. The van der Waals surface area contributed by atoms with Crippen molar-refractivity contribution in [1.29, 1.82) is 0 Å². The van der Waals surface area contributed by atoms with Gasteiger partial charge in [-0.25, -0.2) is 0 Å². The summed E-state index contributed by atoms with van der Waals surface area (Å²) in [5.41, 5.74) is 9.72. The molecule has 1 saturated carbocycles. The Labute approximate surface area is 109 Å².